The first kappa shape index (κ1) is 19.6. The number of aromatic carboxylic acids is 1. The molecule has 0 aliphatic carbocycles. The first-order valence-electron chi connectivity index (χ1n) is 8.56. The second kappa shape index (κ2) is 8.24. The van der Waals surface area contributed by atoms with E-state index in [-0.39, 0.29) is 11.3 Å². The summed E-state index contributed by atoms with van der Waals surface area (Å²) in [5, 5.41) is 18.9. The second-order valence-electron chi connectivity index (χ2n) is 6.12. The van der Waals surface area contributed by atoms with Crippen LogP contribution in [0.4, 0.5) is 11.4 Å². The van der Waals surface area contributed by atoms with E-state index in [4.69, 9.17) is 5.11 Å². The predicted molar refractivity (Wildman–Crippen MR) is 107 cm³/mol. The third-order valence-electron chi connectivity index (χ3n) is 4.37. The average Bonchev–Trinajstić information content (AvgIpc) is 2.68. The van der Waals surface area contributed by atoms with Crippen LogP contribution < -0.4 is 4.31 Å². The Bertz CT molecular complexity index is 1030. The fraction of sp³-hybridized carbons (Fsp3) is 0.0952. The largest absolute Gasteiger partial charge is 0.755 e. The van der Waals surface area contributed by atoms with E-state index in [1.165, 1.54) is 17.7 Å². The molecule has 144 valence electrons. The molecule has 3 rings (SSSR count). The maximum Gasteiger partial charge on any atom is 0.339 e. The Kier molecular flexibility index (Phi) is 5.77. The van der Waals surface area contributed by atoms with E-state index in [2.05, 4.69) is 6.92 Å². The second-order valence-corrected chi connectivity index (χ2v) is 6.92. The van der Waals surface area contributed by atoms with Crippen molar-refractivity contribution in [2.75, 3.05) is 4.31 Å². The number of aryl methyl sites for hydroxylation is 1. The summed E-state index contributed by atoms with van der Waals surface area (Å²) < 4.78 is 24.8. The van der Waals surface area contributed by atoms with Crippen LogP contribution in [0, 0.1) is 0 Å². The molecule has 3 aromatic rings. The highest BCUT2D eigenvalue weighted by atomic mass is 32.2. The van der Waals surface area contributed by atoms with Crippen LogP contribution in [-0.4, -0.2) is 24.9 Å². The fourth-order valence-corrected chi connectivity index (χ4v) is 3.46. The third-order valence-corrected chi connectivity index (χ3v) is 5.09. The van der Waals surface area contributed by atoms with Crippen LogP contribution in [0.25, 0.3) is 11.1 Å². The van der Waals surface area contributed by atoms with E-state index in [1.807, 2.05) is 30.3 Å². The van der Waals surface area contributed by atoms with Crippen LogP contribution in [-0.2, 0) is 17.7 Å². The molecule has 0 amide bonds. The summed E-state index contributed by atoms with van der Waals surface area (Å²) in [6.07, 6.45) is 0.930. The maximum absolute atomic E-state index is 11.9. The van der Waals surface area contributed by atoms with Gasteiger partial charge in [0.2, 0.25) is 0 Å². The molecule has 1 atom stereocenters. The minimum Gasteiger partial charge on any atom is -0.755 e. The number of anilines is 2. The number of rotatable bonds is 6. The molecule has 0 aliphatic heterocycles. The Labute approximate surface area is 165 Å². The van der Waals surface area contributed by atoms with Gasteiger partial charge in [0.1, 0.15) is 11.3 Å². The van der Waals surface area contributed by atoms with Crippen LogP contribution in [0.1, 0.15) is 22.8 Å². The quantitative estimate of drug-likeness (QED) is 0.607. The van der Waals surface area contributed by atoms with Gasteiger partial charge >= 0.3 is 5.97 Å². The topological polar surface area (TPSA) is 101 Å². The Hall–Kier alpha value is -3.16. The van der Waals surface area contributed by atoms with E-state index in [0.29, 0.717) is 5.69 Å². The zero-order valence-electron chi connectivity index (χ0n) is 15.0. The molecule has 0 radical (unpaired) electrons. The molecule has 0 aliphatic rings. The zero-order valence-corrected chi connectivity index (χ0v) is 15.8. The zero-order chi connectivity index (χ0) is 20.3. The summed E-state index contributed by atoms with van der Waals surface area (Å²) in [5.41, 5.74) is 3.19. The summed E-state index contributed by atoms with van der Waals surface area (Å²) in [7, 11) is 0. The van der Waals surface area contributed by atoms with Gasteiger partial charge in [0.15, 0.2) is 0 Å². The van der Waals surface area contributed by atoms with Crippen molar-refractivity contribution in [1.82, 2.24) is 0 Å². The molecular weight excluding hydrogens is 378 g/mol. The SMILES string of the molecule is CCc1ccc(-c2cccc(N(c3ccc(C(=O)O)c(O)c3)S(=O)[O-])c2)cc1. The van der Waals surface area contributed by atoms with Crippen molar-refractivity contribution >= 4 is 28.6 Å². The van der Waals surface area contributed by atoms with Crippen LogP contribution >= 0.6 is 0 Å². The monoisotopic (exact) mass is 396 g/mol. The molecule has 0 bridgehead atoms. The minimum atomic E-state index is -2.68. The number of benzene rings is 3. The Morgan fingerprint density at radius 2 is 1.68 bits per heavy atom. The molecule has 1 unspecified atom stereocenters. The third kappa shape index (κ3) is 4.05. The molecule has 7 heteroatoms. The van der Waals surface area contributed by atoms with Gasteiger partial charge in [-0.15, -0.1) is 0 Å². The van der Waals surface area contributed by atoms with Gasteiger partial charge in [-0.25, -0.2) is 4.79 Å². The first-order valence-corrected chi connectivity index (χ1v) is 9.59. The molecule has 0 fully saturated rings. The van der Waals surface area contributed by atoms with Crippen molar-refractivity contribution in [3.63, 3.8) is 0 Å². The van der Waals surface area contributed by atoms with Gasteiger partial charge in [-0.05, 0) is 47.4 Å². The number of aromatic hydroxyl groups is 1. The lowest BCUT2D eigenvalue weighted by Gasteiger charge is -2.27. The molecule has 0 aromatic heterocycles. The molecule has 0 spiro atoms. The summed E-state index contributed by atoms with van der Waals surface area (Å²) in [5.74, 6) is -1.80. The number of hydrogen-bond donors (Lipinski definition) is 2. The lowest BCUT2D eigenvalue weighted by atomic mass is 10.0. The molecule has 6 nitrogen and oxygen atoms in total. The normalized spacial score (nSPS) is 11.8. The van der Waals surface area contributed by atoms with Gasteiger partial charge in [0, 0.05) is 6.07 Å². The number of nitrogens with zero attached hydrogens (tertiary/aromatic N) is 1. The van der Waals surface area contributed by atoms with Crippen molar-refractivity contribution < 1.29 is 23.8 Å². The minimum absolute atomic E-state index is 0.134. The van der Waals surface area contributed by atoms with E-state index in [1.54, 1.807) is 18.2 Å². The van der Waals surface area contributed by atoms with Gasteiger partial charge in [-0.3, -0.25) is 8.51 Å². The van der Waals surface area contributed by atoms with Crippen LogP contribution in [0.5, 0.6) is 5.75 Å². The van der Waals surface area contributed by atoms with Gasteiger partial charge in [0.25, 0.3) is 0 Å². The highest BCUT2D eigenvalue weighted by Crippen LogP contribution is 2.33. The van der Waals surface area contributed by atoms with Crippen molar-refractivity contribution in [2.24, 2.45) is 0 Å². The summed E-state index contributed by atoms with van der Waals surface area (Å²) in [4.78, 5) is 11.1. The average molecular weight is 396 g/mol. The van der Waals surface area contributed by atoms with Crippen molar-refractivity contribution in [3.05, 3.63) is 77.9 Å². The van der Waals surface area contributed by atoms with Crippen molar-refractivity contribution in [1.29, 1.82) is 0 Å². The molecule has 28 heavy (non-hydrogen) atoms. The first-order chi connectivity index (χ1) is 13.4. The summed E-state index contributed by atoms with van der Waals surface area (Å²) in [6.45, 7) is 2.07. The van der Waals surface area contributed by atoms with Gasteiger partial charge in [0.05, 0.1) is 22.6 Å². The molecule has 2 N–H and O–H groups in total. The Morgan fingerprint density at radius 1 is 1.00 bits per heavy atom. The number of carboxylic acid groups (broad SMARTS) is 1. The number of hydrogen-bond acceptors (Lipinski definition) is 4. The number of carbonyl (C=O) groups is 1. The van der Waals surface area contributed by atoms with Gasteiger partial charge < -0.3 is 14.8 Å². The molecular formula is C21H18NO5S-. The number of carboxylic acids is 1. The van der Waals surface area contributed by atoms with Crippen LogP contribution in [0.3, 0.4) is 0 Å². The molecule has 0 heterocycles. The van der Waals surface area contributed by atoms with Crippen LogP contribution in [0.2, 0.25) is 0 Å². The fourth-order valence-electron chi connectivity index (χ4n) is 2.89. The lowest BCUT2D eigenvalue weighted by Crippen LogP contribution is -2.19. The van der Waals surface area contributed by atoms with E-state index < -0.39 is 23.0 Å². The van der Waals surface area contributed by atoms with Crippen LogP contribution in [0.15, 0.2) is 66.7 Å². The van der Waals surface area contributed by atoms with E-state index in [9.17, 15) is 18.7 Å². The van der Waals surface area contributed by atoms with E-state index >= 15 is 0 Å². The Balaban J connectivity index is 2.02. The highest BCUT2D eigenvalue weighted by molar-refractivity contribution is 7.81. The number of phenols is 1. The maximum atomic E-state index is 11.9. The smallest absolute Gasteiger partial charge is 0.339 e. The summed E-state index contributed by atoms with van der Waals surface area (Å²) in [6, 6.07) is 18.6. The highest BCUT2D eigenvalue weighted by Gasteiger charge is 2.16. The lowest BCUT2D eigenvalue weighted by molar-refractivity contribution is 0.0694. The Morgan fingerprint density at radius 3 is 2.25 bits per heavy atom. The molecule has 3 aromatic carbocycles. The predicted octanol–water partition coefficient (Wildman–Crippen LogP) is 4.25. The van der Waals surface area contributed by atoms with Crippen molar-refractivity contribution in [3.8, 4) is 16.9 Å². The van der Waals surface area contributed by atoms with Gasteiger partial charge in [-0.1, -0.05) is 43.3 Å². The van der Waals surface area contributed by atoms with Crippen molar-refractivity contribution in [2.45, 2.75) is 13.3 Å². The van der Waals surface area contributed by atoms with Gasteiger partial charge in [-0.2, -0.15) is 0 Å². The molecule has 0 saturated carbocycles. The van der Waals surface area contributed by atoms with E-state index in [0.717, 1.165) is 27.9 Å². The molecule has 0 saturated heterocycles. The standard InChI is InChI=1S/C21H19NO5S/c1-2-14-6-8-15(9-7-14)16-4-3-5-17(12-16)22(28(26)27)18-10-11-19(21(24)25)20(23)13-18/h3-13,23H,2H2,1H3,(H,24,25)(H,26,27)/p-1. The summed E-state index contributed by atoms with van der Waals surface area (Å²) >= 11 is -2.68.